The molecule has 1 aliphatic rings. The molecule has 2 nitrogen and oxygen atoms in total. The fraction of sp³-hybridized carbons (Fsp3) is 1.00. The van der Waals surface area contributed by atoms with E-state index in [-0.39, 0.29) is 0 Å². The smallest absolute Gasteiger partial charge is 0.0357 e. The van der Waals surface area contributed by atoms with Crippen molar-refractivity contribution in [2.45, 2.75) is 12.8 Å². The minimum absolute atomic E-state index is 0.569. The molecule has 0 aliphatic heterocycles. The van der Waals surface area contributed by atoms with Crippen molar-refractivity contribution in [3.63, 3.8) is 0 Å². The van der Waals surface area contributed by atoms with Crippen molar-refractivity contribution in [2.75, 3.05) is 18.1 Å². The molecule has 0 heterocycles. The van der Waals surface area contributed by atoms with Gasteiger partial charge < -0.3 is 5.73 Å². The Hall–Kier alpha value is 0.110. The first kappa shape index (κ1) is 7.22. The highest BCUT2D eigenvalue weighted by molar-refractivity contribution is 7.85. The zero-order valence-corrected chi connectivity index (χ0v) is 6.32. The summed E-state index contributed by atoms with van der Waals surface area (Å²) in [6.07, 6.45) is 2.58. The van der Waals surface area contributed by atoms with E-state index in [1.54, 1.807) is 0 Å². The maximum atomic E-state index is 10.9. The molecule has 0 saturated heterocycles. The number of rotatable bonds is 4. The lowest BCUT2D eigenvalue weighted by Gasteiger charge is -1.95. The maximum Gasteiger partial charge on any atom is 0.0357 e. The second-order valence-electron chi connectivity index (χ2n) is 2.54. The maximum absolute atomic E-state index is 10.9. The van der Waals surface area contributed by atoms with Gasteiger partial charge in [-0.1, -0.05) is 0 Å². The van der Waals surface area contributed by atoms with E-state index in [4.69, 9.17) is 5.73 Å². The molecule has 1 unspecified atom stereocenters. The molecule has 9 heavy (non-hydrogen) atoms. The van der Waals surface area contributed by atoms with Gasteiger partial charge in [0.1, 0.15) is 0 Å². The van der Waals surface area contributed by atoms with Crippen molar-refractivity contribution < 1.29 is 4.21 Å². The SMILES string of the molecule is NCCS(=O)CC1CC1. The van der Waals surface area contributed by atoms with Crippen molar-refractivity contribution in [3.05, 3.63) is 0 Å². The van der Waals surface area contributed by atoms with E-state index in [9.17, 15) is 4.21 Å². The average molecular weight is 147 g/mol. The minimum Gasteiger partial charge on any atom is -0.330 e. The Bertz CT molecular complexity index is 112. The molecule has 0 spiro atoms. The van der Waals surface area contributed by atoms with E-state index in [1.807, 2.05) is 0 Å². The molecule has 0 radical (unpaired) electrons. The molecule has 1 aliphatic carbocycles. The summed E-state index contributed by atoms with van der Waals surface area (Å²) in [6.45, 7) is 0.569. The van der Waals surface area contributed by atoms with Gasteiger partial charge in [0, 0.05) is 28.9 Å². The van der Waals surface area contributed by atoms with Crippen LogP contribution in [0.15, 0.2) is 0 Å². The van der Waals surface area contributed by atoms with Crippen molar-refractivity contribution in [2.24, 2.45) is 11.7 Å². The van der Waals surface area contributed by atoms with Gasteiger partial charge in [-0.15, -0.1) is 0 Å². The van der Waals surface area contributed by atoms with Crippen LogP contribution in [-0.2, 0) is 10.8 Å². The Kier molecular flexibility index (Phi) is 2.66. The molecular formula is C6H13NOS. The highest BCUT2D eigenvalue weighted by Gasteiger charge is 2.22. The second kappa shape index (κ2) is 3.32. The Balaban J connectivity index is 2.02. The predicted molar refractivity (Wildman–Crippen MR) is 39.7 cm³/mol. The molecule has 0 amide bonds. The second-order valence-corrected chi connectivity index (χ2v) is 4.16. The van der Waals surface area contributed by atoms with Gasteiger partial charge in [0.15, 0.2) is 0 Å². The molecule has 3 heteroatoms. The van der Waals surface area contributed by atoms with Crippen molar-refractivity contribution in [1.82, 2.24) is 0 Å². The third-order valence-corrected chi connectivity index (χ3v) is 3.00. The first-order valence-electron chi connectivity index (χ1n) is 3.38. The first-order valence-corrected chi connectivity index (χ1v) is 4.87. The van der Waals surface area contributed by atoms with Crippen LogP contribution in [0, 0.1) is 5.92 Å². The normalized spacial score (nSPS) is 21.9. The van der Waals surface area contributed by atoms with Crippen LogP contribution in [0.3, 0.4) is 0 Å². The molecule has 1 saturated carbocycles. The molecule has 1 rings (SSSR count). The van der Waals surface area contributed by atoms with Gasteiger partial charge in [-0.25, -0.2) is 0 Å². The van der Waals surface area contributed by atoms with Gasteiger partial charge >= 0.3 is 0 Å². The predicted octanol–water partition coefficient (Wildman–Crippen LogP) is 0.104. The van der Waals surface area contributed by atoms with Gasteiger partial charge in [0.05, 0.1) is 0 Å². The lowest BCUT2D eigenvalue weighted by Crippen LogP contribution is -2.13. The van der Waals surface area contributed by atoms with E-state index >= 15 is 0 Å². The van der Waals surface area contributed by atoms with Gasteiger partial charge in [-0.05, 0) is 18.8 Å². The van der Waals surface area contributed by atoms with Crippen LogP contribution in [0.4, 0.5) is 0 Å². The van der Waals surface area contributed by atoms with Crippen LogP contribution in [0.5, 0.6) is 0 Å². The van der Waals surface area contributed by atoms with Gasteiger partial charge in [-0.2, -0.15) is 0 Å². The highest BCUT2D eigenvalue weighted by Crippen LogP contribution is 2.29. The molecule has 0 aromatic rings. The third kappa shape index (κ3) is 2.96. The molecule has 0 aromatic carbocycles. The molecule has 1 fully saturated rings. The van der Waals surface area contributed by atoms with E-state index in [0.29, 0.717) is 12.3 Å². The van der Waals surface area contributed by atoms with Crippen LogP contribution in [-0.4, -0.2) is 22.3 Å². The highest BCUT2D eigenvalue weighted by atomic mass is 32.2. The third-order valence-electron chi connectivity index (χ3n) is 1.46. The largest absolute Gasteiger partial charge is 0.330 e. The molecule has 54 valence electrons. The lowest BCUT2D eigenvalue weighted by molar-refractivity contribution is 0.679. The molecule has 2 N–H and O–H groups in total. The minimum atomic E-state index is -0.613. The lowest BCUT2D eigenvalue weighted by atomic mass is 10.5. The summed E-state index contributed by atoms with van der Waals surface area (Å²) >= 11 is 0. The Morgan fingerprint density at radius 2 is 2.22 bits per heavy atom. The van der Waals surface area contributed by atoms with E-state index < -0.39 is 10.8 Å². The zero-order valence-electron chi connectivity index (χ0n) is 5.51. The van der Waals surface area contributed by atoms with Crippen molar-refractivity contribution in [3.8, 4) is 0 Å². The quantitative estimate of drug-likeness (QED) is 0.613. The van der Waals surface area contributed by atoms with Gasteiger partial charge in [0.25, 0.3) is 0 Å². The van der Waals surface area contributed by atoms with Crippen LogP contribution in [0.25, 0.3) is 0 Å². The summed E-state index contributed by atoms with van der Waals surface area (Å²) in [5.41, 5.74) is 5.23. The fourth-order valence-corrected chi connectivity index (χ4v) is 2.05. The summed E-state index contributed by atoms with van der Waals surface area (Å²) in [6, 6.07) is 0. The van der Waals surface area contributed by atoms with E-state index in [2.05, 4.69) is 0 Å². The summed E-state index contributed by atoms with van der Waals surface area (Å²) in [5, 5.41) is 0. The van der Waals surface area contributed by atoms with Crippen molar-refractivity contribution in [1.29, 1.82) is 0 Å². The monoisotopic (exact) mass is 147 g/mol. The molecule has 0 bridgehead atoms. The molecule has 1 atom stereocenters. The van der Waals surface area contributed by atoms with Crippen LogP contribution >= 0.6 is 0 Å². The number of hydrogen-bond donors (Lipinski definition) is 1. The standard InChI is InChI=1S/C6H13NOS/c7-3-4-9(8)5-6-1-2-6/h6H,1-5,7H2. The van der Waals surface area contributed by atoms with Crippen molar-refractivity contribution >= 4 is 10.8 Å². The van der Waals surface area contributed by atoms with E-state index in [0.717, 1.165) is 11.7 Å². The van der Waals surface area contributed by atoms with Crippen LogP contribution in [0.2, 0.25) is 0 Å². The molecular weight excluding hydrogens is 134 g/mol. The van der Waals surface area contributed by atoms with Crippen LogP contribution in [0.1, 0.15) is 12.8 Å². The Labute approximate surface area is 58.3 Å². The van der Waals surface area contributed by atoms with Crippen LogP contribution < -0.4 is 5.73 Å². The first-order chi connectivity index (χ1) is 4.33. The fourth-order valence-electron chi connectivity index (χ4n) is 0.762. The summed E-state index contributed by atoms with van der Waals surface area (Å²) in [7, 11) is -0.613. The number of nitrogens with two attached hydrogens (primary N) is 1. The zero-order chi connectivity index (χ0) is 6.69. The van der Waals surface area contributed by atoms with Gasteiger partial charge in [0.2, 0.25) is 0 Å². The summed E-state index contributed by atoms with van der Waals surface area (Å²) < 4.78 is 10.9. The summed E-state index contributed by atoms with van der Waals surface area (Å²) in [4.78, 5) is 0. The van der Waals surface area contributed by atoms with Gasteiger partial charge in [-0.3, -0.25) is 4.21 Å². The number of hydrogen-bond acceptors (Lipinski definition) is 2. The molecule has 0 aromatic heterocycles. The summed E-state index contributed by atoms with van der Waals surface area (Å²) in [5.74, 6) is 2.37. The topological polar surface area (TPSA) is 43.1 Å². The van der Waals surface area contributed by atoms with E-state index in [1.165, 1.54) is 12.8 Å². The average Bonchev–Trinajstić information content (AvgIpc) is 2.50. The Morgan fingerprint density at radius 3 is 2.67 bits per heavy atom. The Morgan fingerprint density at radius 1 is 1.56 bits per heavy atom.